The topological polar surface area (TPSA) is 56.2 Å². The molecule has 54 heavy (non-hydrogen) atoms. The average molecular weight is 691 g/mol. The highest BCUT2D eigenvalue weighted by molar-refractivity contribution is 6.06. The average Bonchev–Trinajstić information content (AvgIpc) is 3.82. The van der Waals surface area contributed by atoms with Crippen LogP contribution in [-0.4, -0.2) is 19.4 Å². The summed E-state index contributed by atoms with van der Waals surface area (Å²) < 4.78 is 8.56. The standard InChI is InChI=1S/C49H30N4O/c1-3-11-31(12-4-1)36-26-37(32-13-5-2-6-14-32)28-38(27-36)49-51-42(30-43(52-49)34-19-22-40-39-15-7-10-18-46(39)54-47(40)29-34)33-20-23-44-35(25-33)21-24-48-50-41-16-8-9-17-45(41)53(44)48/h1-30H. The van der Waals surface area contributed by atoms with E-state index in [1.165, 1.54) is 0 Å². The summed E-state index contributed by atoms with van der Waals surface area (Å²) in [6.07, 6.45) is 0. The maximum Gasteiger partial charge on any atom is 0.160 e. The van der Waals surface area contributed by atoms with Gasteiger partial charge in [0.05, 0.1) is 27.9 Å². The van der Waals surface area contributed by atoms with Crippen molar-refractivity contribution in [3.8, 4) is 56.2 Å². The minimum atomic E-state index is 0.651. The lowest BCUT2D eigenvalue weighted by molar-refractivity contribution is 0.669. The molecule has 5 nitrogen and oxygen atoms in total. The van der Waals surface area contributed by atoms with E-state index in [1.54, 1.807) is 0 Å². The Morgan fingerprint density at radius 3 is 1.78 bits per heavy atom. The Morgan fingerprint density at radius 1 is 0.370 bits per heavy atom. The molecule has 0 radical (unpaired) electrons. The van der Waals surface area contributed by atoms with E-state index in [-0.39, 0.29) is 0 Å². The minimum absolute atomic E-state index is 0.651. The van der Waals surface area contributed by atoms with Crippen LogP contribution < -0.4 is 0 Å². The van der Waals surface area contributed by atoms with Crippen molar-refractivity contribution in [2.75, 3.05) is 0 Å². The van der Waals surface area contributed by atoms with Gasteiger partial charge < -0.3 is 4.42 Å². The zero-order valence-corrected chi connectivity index (χ0v) is 29.0. The van der Waals surface area contributed by atoms with Crippen molar-refractivity contribution in [3.63, 3.8) is 0 Å². The van der Waals surface area contributed by atoms with Gasteiger partial charge in [-0.25, -0.2) is 15.0 Å². The number of nitrogens with zero attached hydrogens (tertiary/aromatic N) is 4. The van der Waals surface area contributed by atoms with Crippen LogP contribution in [0.25, 0.3) is 106 Å². The molecule has 5 heteroatoms. The third-order valence-electron chi connectivity index (χ3n) is 10.4. The van der Waals surface area contributed by atoms with Crippen LogP contribution in [0.1, 0.15) is 0 Å². The van der Waals surface area contributed by atoms with Gasteiger partial charge in [-0.2, -0.15) is 0 Å². The summed E-state index contributed by atoms with van der Waals surface area (Å²) in [7, 11) is 0. The summed E-state index contributed by atoms with van der Waals surface area (Å²) in [5, 5.41) is 3.29. The number of imidazole rings is 1. The molecule has 0 aliphatic carbocycles. The van der Waals surface area contributed by atoms with E-state index in [2.05, 4.69) is 150 Å². The summed E-state index contributed by atoms with van der Waals surface area (Å²) >= 11 is 0. The lowest BCUT2D eigenvalue weighted by Gasteiger charge is -2.13. The quantitative estimate of drug-likeness (QED) is 0.180. The highest BCUT2D eigenvalue weighted by atomic mass is 16.3. The normalized spacial score (nSPS) is 11.7. The molecule has 0 fully saturated rings. The van der Waals surface area contributed by atoms with Gasteiger partial charge >= 0.3 is 0 Å². The zero-order valence-electron chi connectivity index (χ0n) is 29.0. The van der Waals surface area contributed by atoms with Gasteiger partial charge in [-0.3, -0.25) is 4.40 Å². The summed E-state index contributed by atoms with van der Waals surface area (Å²) in [6.45, 7) is 0. The molecule has 4 heterocycles. The Balaban J connectivity index is 1.13. The summed E-state index contributed by atoms with van der Waals surface area (Å²) in [4.78, 5) is 15.5. The number of benzene rings is 7. The molecule has 0 atom stereocenters. The van der Waals surface area contributed by atoms with E-state index in [0.717, 1.165) is 99.9 Å². The van der Waals surface area contributed by atoms with Crippen molar-refractivity contribution < 1.29 is 4.42 Å². The van der Waals surface area contributed by atoms with E-state index in [1.807, 2.05) is 36.4 Å². The van der Waals surface area contributed by atoms with Crippen molar-refractivity contribution in [1.29, 1.82) is 0 Å². The van der Waals surface area contributed by atoms with Gasteiger partial charge in [0, 0.05) is 27.5 Å². The number of pyridine rings is 1. The predicted molar refractivity (Wildman–Crippen MR) is 220 cm³/mol. The molecule has 0 saturated carbocycles. The van der Waals surface area contributed by atoms with Crippen LogP contribution in [0.3, 0.4) is 0 Å². The molecule has 11 aromatic rings. The van der Waals surface area contributed by atoms with Crippen LogP contribution >= 0.6 is 0 Å². The van der Waals surface area contributed by atoms with Crippen molar-refractivity contribution in [2.45, 2.75) is 0 Å². The maximum atomic E-state index is 6.33. The monoisotopic (exact) mass is 690 g/mol. The fraction of sp³-hybridized carbons (Fsp3) is 0. The highest BCUT2D eigenvalue weighted by Gasteiger charge is 2.16. The van der Waals surface area contributed by atoms with Crippen molar-refractivity contribution in [3.05, 3.63) is 182 Å². The molecule has 0 unspecified atom stereocenters. The van der Waals surface area contributed by atoms with Crippen molar-refractivity contribution in [2.24, 2.45) is 0 Å². The van der Waals surface area contributed by atoms with Gasteiger partial charge in [0.15, 0.2) is 5.82 Å². The molecule has 11 rings (SSSR count). The SMILES string of the molecule is c1ccc(-c2cc(-c3ccccc3)cc(-c3nc(-c4ccc5c(ccc6nc7ccccc7n65)c4)cc(-c4ccc5c(c4)oc4ccccc45)n3)c2)cc1. The third-order valence-corrected chi connectivity index (χ3v) is 10.4. The van der Waals surface area contributed by atoms with E-state index in [9.17, 15) is 0 Å². The number of hydrogen-bond donors (Lipinski definition) is 0. The number of para-hydroxylation sites is 3. The smallest absolute Gasteiger partial charge is 0.160 e. The molecule has 252 valence electrons. The van der Waals surface area contributed by atoms with Gasteiger partial charge in [0.25, 0.3) is 0 Å². The van der Waals surface area contributed by atoms with Gasteiger partial charge in [-0.15, -0.1) is 0 Å². The lowest BCUT2D eigenvalue weighted by Crippen LogP contribution is -1.97. The van der Waals surface area contributed by atoms with Crippen LogP contribution in [0.4, 0.5) is 0 Å². The fourth-order valence-corrected chi connectivity index (χ4v) is 7.73. The Morgan fingerprint density at radius 2 is 1.00 bits per heavy atom. The first kappa shape index (κ1) is 30.3. The Labute approximate surface area is 310 Å². The molecular formula is C49H30N4O. The number of aromatic nitrogens is 4. The number of furan rings is 1. The number of rotatable bonds is 5. The van der Waals surface area contributed by atoms with Crippen molar-refractivity contribution in [1.82, 2.24) is 19.4 Å². The van der Waals surface area contributed by atoms with E-state index in [0.29, 0.717) is 5.82 Å². The van der Waals surface area contributed by atoms with E-state index in [4.69, 9.17) is 19.4 Å². The number of hydrogen-bond acceptors (Lipinski definition) is 4. The molecular weight excluding hydrogens is 661 g/mol. The summed E-state index contributed by atoms with van der Waals surface area (Å²) in [5.41, 5.74) is 14.8. The Kier molecular flexibility index (Phi) is 6.79. The second-order valence-electron chi connectivity index (χ2n) is 13.7. The second-order valence-corrected chi connectivity index (χ2v) is 13.7. The van der Waals surface area contributed by atoms with Crippen LogP contribution in [0.5, 0.6) is 0 Å². The van der Waals surface area contributed by atoms with Crippen molar-refractivity contribution >= 4 is 49.5 Å². The van der Waals surface area contributed by atoms with Crippen LogP contribution in [0.2, 0.25) is 0 Å². The number of fused-ring (bicyclic) bond motifs is 8. The molecule has 0 saturated heterocycles. The first-order chi connectivity index (χ1) is 26.7. The lowest BCUT2D eigenvalue weighted by atomic mass is 9.95. The van der Waals surface area contributed by atoms with Gasteiger partial charge in [-0.1, -0.05) is 103 Å². The fourth-order valence-electron chi connectivity index (χ4n) is 7.73. The van der Waals surface area contributed by atoms with Gasteiger partial charge in [0.1, 0.15) is 16.8 Å². The van der Waals surface area contributed by atoms with Gasteiger partial charge in [0.2, 0.25) is 0 Å². The first-order valence-electron chi connectivity index (χ1n) is 18.1. The maximum absolute atomic E-state index is 6.33. The molecule has 0 aliphatic rings. The van der Waals surface area contributed by atoms with E-state index >= 15 is 0 Å². The zero-order chi connectivity index (χ0) is 35.6. The summed E-state index contributed by atoms with van der Waals surface area (Å²) in [6, 6.07) is 63.4. The molecule has 0 amide bonds. The third kappa shape index (κ3) is 5.06. The molecule has 0 aliphatic heterocycles. The van der Waals surface area contributed by atoms with Crippen LogP contribution in [0.15, 0.2) is 186 Å². The highest BCUT2D eigenvalue weighted by Crippen LogP contribution is 2.37. The Bertz CT molecular complexity index is 3160. The molecule has 0 spiro atoms. The first-order valence-corrected chi connectivity index (χ1v) is 18.1. The minimum Gasteiger partial charge on any atom is -0.456 e. The largest absolute Gasteiger partial charge is 0.456 e. The Hall–Kier alpha value is -7.37. The molecule has 0 N–H and O–H groups in total. The summed E-state index contributed by atoms with van der Waals surface area (Å²) in [5.74, 6) is 0.651. The molecule has 7 aromatic carbocycles. The molecule has 4 aromatic heterocycles. The van der Waals surface area contributed by atoms with E-state index < -0.39 is 0 Å². The van der Waals surface area contributed by atoms with Crippen LogP contribution in [-0.2, 0) is 0 Å². The molecule has 0 bridgehead atoms. The predicted octanol–water partition coefficient (Wildman–Crippen LogP) is 12.7. The van der Waals surface area contributed by atoms with Gasteiger partial charge in [-0.05, 0) is 107 Å². The second kappa shape index (κ2) is 12.1. The van der Waals surface area contributed by atoms with Crippen LogP contribution in [0, 0.1) is 0 Å².